The number of hydrogen-bond acceptors (Lipinski definition) is 3. The summed E-state index contributed by atoms with van der Waals surface area (Å²) in [5, 5.41) is 3.11. The van der Waals surface area contributed by atoms with Crippen LogP contribution in [0.4, 0.5) is 13.2 Å². The van der Waals surface area contributed by atoms with Crippen LogP contribution in [0.5, 0.6) is 0 Å². The van der Waals surface area contributed by atoms with E-state index in [-0.39, 0.29) is 5.56 Å². The van der Waals surface area contributed by atoms with Gasteiger partial charge in [-0.15, -0.1) is 0 Å². The molecule has 1 aliphatic rings. The fourth-order valence-corrected chi connectivity index (χ4v) is 2.72. The van der Waals surface area contributed by atoms with E-state index in [0.29, 0.717) is 25.9 Å². The van der Waals surface area contributed by atoms with E-state index < -0.39 is 28.7 Å². The van der Waals surface area contributed by atoms with Crippen LogP contribution in [0.25, 0.3) is 0 Å². The molecule has 6 heteroatoms. The molecule has 0 aliphatic carbocycles. The molecule has 0 amide bonds. The molecule has 23 heavy (non-hydrogen) atoms. The number of carbonyl (C=O) groups is 1. The van der Waals surface area contributed by atoms with Gasteiger partial charge in [0.1, 0.15) is 5.60 Å². The van der Waals surface area contributed by atoms with Gasteiger partial charge < -0.3 is 10.1 Å². The van der Waals surface area contributed by atoms with E-state index in [9.17, 15) is 18.0 Å². The largest absolute Gasteiger partial charge is 0.454 e. The standard InChI is InChI=1S/C17H22F3NO2/c1-15(2,3)14(22)23-16(8-10-21-11-9-16)12-6-4-5-7-13(12)17(18,19)20/h4-7,21H,8-11H2,1-3H3. The predicted octanol–water partition coefficient (Wildman–Crippen LogP) is 3.87. The van der Waals surface area contributed by atoms with Crippen molar-refractivity contribution >= 4 is 5.97 Å². The number of halogens is 3. The molecule has 0 bridgehead atoms. The minimum Gasteiger partial charge on any atom is -0.454 e. The molecular weight excluding hydrogens is 307 g/mol. The van der Waals surface area contributed by atoms with Crippen molar-refractivity contribution in [3.8, 4) is 0 Å². The topological polar surface area (TPSA) is 38.3 Å². The van der Waals surface area contributed by atoms with Crippen LogP contribution >= 0.6 is 0 Å². The molecule has 1 aromatic carbocycles. The molecule has 1 saturated heterocycles. The van der Waals surface area contributed by atoms with E-state index in [1.807, 2.05) is 0 Å². The third kappa shape index (κ3) is 3.86. The summed E-state index contributed by atoms with van der Waals surface area (Å²) in [6.07, 6.45) is -3.84. The average molecular weight is 329 g/mol. The molecular formula is C17H22F3NO2. The van der Waals surface area contributed by atoms with Gasteiger partial charge in [0.25, 0.3) is 0 Å². The number of rotatable bonds is 2. The molecule has 1 heterocycles. The van der Waals surface area contributed by atoms with Crippen LogP contribution < -0.4 is 5.32 Å². The lowest BCUT2D eigenvalue weighted by molar-refractivity contribution is -0.176. The van der Waals surface area contributed by atoms with E-state index in [1.54, 1.807) is 26.8 Å². The van der Waals surface area contributed by atoms with E-state index in [4.69, 9.17) is 4.74 Å². The number of esters is 1. The van der Waals surface area contributed by atoms with Crippen LogP contribution in [-0.2, 0) is 21.3 Å². The molecule has 0 radical (unpaired) electrons. The summed E-state index contributed by atoms with van der Waals surface area (Å²) in [5.41, 5.74) is -2.69. The maximum Gasteiger partial charge on any atom is 0.416 e. The highest BCUT2D eigenvalue weighted by molar-refractivity contribution is 5.76. The molecule has 0 unspecified atom stereocenters. The fourth-order valence-electron chi connectivity index (χ4n) is 2.72. The highest BCUT2D eigenvalue weighted by Crippen LogP contribution is 2.43. The quantitative estimate of drug-likeness (QED) is 0.837. The van der Waals surface area contributed by atoms with Crippen LogP contribution in [0.3, 0.4) is 0 Å². The van der Waals surface area contributed by atoms with Crippen LogP contribution in [0.15, 0.2) is 24.3 Å². The third-order valence-electron chi connectivity index (χ3n) is 4.03. The lowest BCUT2D eigenvalue weighted by Crippen LogP contribution is -2.45. The highest BCUT2D eigenvalue weighted by atomic mass is 19.4. The zero-order valence-electron chi connectivity index (χ0n) is 13.6. The van der Waals surface area contributed by atoms with Crippen LogP contribution in [-0.4, -0.2) is 19.1 Å². The van der Waals surface area contributed by atoms with Crippen molar-refractivity contribution in [1.29, 1.82) is 0 Å². The fraction of sp³-hybridized carbons (Fsp3) is 0.588. The SMILES string of the molecule is CC(C)(C)C(=O)OC1(c2ccccc2C(F)(F)F)CCNCC1. The zero-order valence-corrected chi connectivity index (χ0v) is 13.6. The Hall–Kier alpha value is -1.56. The third-order valence-corrected chi connectivity index (χ3v) is 4.03. The molecule has 2 rings (SSSR count). The monoisotopic (exact) mass is 329 g/mol. The van der Waals surface area contributed by atoms with Crippen molar-refractivity contribution in [3.63, 3.8) is 0 Å². The molecule has 0 atom stereocenters. The van der Waals surface area contributed by atoms with Crippen molar-refractivity contribution < 1.29 is 22.7 Å². The number of piperidine rings is 1. The Morgan fingerprint density at radius 3 is 2.22 bits per heavy atom. The second-order valence-corrected chi connectivity index (χ2v) is 6.93. The number of ether oxygens (including phenoxy) is 1. The van der Waals surface area contributed by atoms with Gasteiger partial charge in [-0.3, -0.25) is 4.79 Å². The summed E-state index contributed by atoms with van der Waals surface area (Å²) < 4.78 is 45.9. The van der Waals surface area contributed by atoms with Gasteiger partial charge in [0, 0.05) is 18.4 Å². The number of hydrogen-bond donors (Lipinski definition) is 1. The minimum absolute atomic E-state index is 0.0478. The van der Waals surface area contributed by atoms with Gasteiger partial charge in [0.05, 0.1) is 11.0 Å². The van der Waals surface area contributed by atoms with Gasteiger partial charge in [0.2, 0.25) is 0 Å². The van der Waals surface area contributed by atoms with Crippen molar-refractivity contribution in [3.05, 3.63) is 35.4 Å². The number of nitrogens with one attached hydrogen (secondary N) is 1. The van der Waals surface area contributed by atoms with Crippen molar-refractivity contribution in [1.82, 2.24) is 5.32 Å². The lowest BCUT2D eigenvalue weighted by Gasteiger charge is -2.40. The Bertz CT molecular complexity index is 570. The van der Waals surface area contributed by atoms with Gasteiger partial charge in [-0.05, 0) is 39.9 Å². The second-order valence-electron chi connectivity index (χ2n) is 6.93. The maximum atomic E-state index is 13.4. The Morgan fingerprint density at radius 2 is 1.70 bits per heavy atom. The lowest BCUT2D eigenvalue weighted by atomic mass is 9.81. The molecule has 128 valence electrons. The highest BCUT2D eigenvalue weighted by Gasteiger charge is 2.46. The first kappa shape index (κ1) is 17.8. The Labute approximate surface area is 134 Å². The number of carbonyl (C=O) groups excluding carboxylic acids is 1. The first-order valence-corrected chi connectivity index (χ1v) is 7.67. The van der Waals surface area contributed by atoms with Crippen LogP contribution in [0, 0.1) is 5.41 Å². The summed E-state index contributed by atoms with van der Waals surface area (Å²) >= 11 is 0. The van der Waals surface area contributed by atoms with Gasteiger partial charge in [-0.25, -0.2) is 0 Å². The van der Waals surface area contributed by atoms with E-state index in [0.717, 1.165) is 6.07 Å². The molecule has 1 N–H and O–H groups in total. The molecule has 0 spiro atoms. The minimum atomic E-state index is -4.48. The molecule has 1 aliphatic heterocycles. The summed E-state index contributed by atoms with van der Waals surface area (Å²) in [7, 11) is 0. The van der Waals surface area contributed by atoms with Gasteiger partial charge in [-0.2, -0.15) is 13.2 Å². The normalized spacial score (nSPS) is 18.5. The Morgan fingerprint density at radius 1 is 1.13 bits per heavy atom. The average Bonchev–Trinajstić information content (AvgIpc) is 2.46. The summed E-state index contributed by atoms with van der Waals surface area (Å²) in [6.45, 7) is 6.09. The van der Waals surface area contributed by atoms with Crippen LogP contribution in [0.2, 0.25) is 0 Å². The van der Waals surface area contributed by atoms with Gasteiger partial charge in [0.15, 0.2) is 0 Å². The van der Waals surface area contributed by atoms with Gasteiger partial charge >= 0.3 is 12.1 Å². The zero-order chi connectivity index (χ0) is 17.3. The van der Waals surface area contributed by atoms with E-state index in [2.05, 4.69) is 5.32 Å². The first-order valence-electron chi connectivity index (χ1n) is 7.67. The summed E-state index contributed by atoms with van der Waals surface area (Å²) in [6, 6.07) is 5.38. The second kappa shape index (κ2) is 6.15. The number of benzene rings is 1. The molecule has 1 aromatic rings. The molecule has 0 saturated carbocycles. The Kier molecular flexibility index (Phi) is 4.76. The maximum absolute atomic E-state index is 13.4. The van der Waals surface area contributed by atoms with E-state index >= 15 is 0 Å². The predicted molar refractivity (Wildman–Crippen MR) is 80.8 cm³/mol. The number of alkyl halides is 3. The molecule has 1 fully saturated rings. The molecule has 0 aromatic heterocycles. The Balaban J connectivity index is 2.50. The van der Waals surface area contributed by atoms with Crippen molar-refractivity contribution in [2.45, 2.75) is 45.4 Å². The molecule has 3 nitrogen and oxygen atoms in total. The van der Waals surface area contributed by atoms with Crippen molar-refractivity contribution in [2.75, 3.05) is 13.1 Å². The van der Waals surface area contributed by atoms with E-state index in [1.165, 1.54) is 12.1 Å². The smallest absolute Gasteiger partial charge is 0.416 e. The summed E-state index contributed by atoms with van der Waals surface area (Å²) in [4.78, 5) is 12.3. The summed E-state index contributed by atoms with van der Waals surface area (Å²) in [5.74, 6) is -0.489. The van der Waals surface area contributed by atoms with Crippen LogP contribution in [0.1, 0.15) is 44.7 Å². The van der Waals surface area contributed by atoms with Crippen molar-refractivity contribution in [2.24, 2.45) is 5.41 Å². The first-order chi connectivity index (χ1) is 10.6. The van der Waals surface area contributed by atoms with Gasteiger partial charge in [-0.1, -0.05) is 18.2 Å².